The number of rotatable bonds is 4. The zero-order valence-corrected chi connectivity index (χ0v) is 11.4. The molecule has 5 nitrogen and oxygen atoms in total. The number of nitrogens with one attached hydrogen (secondary N) is 1. The lowest BCUT2D eigenvalue weighted by molar-refractivity contribution is 0.199. The third-order valence-electron chi connectivity index (χ3n) is 2.69. The minimum absolute atomic E-state index is 0.0156. The molecule has 0 saturated heterocycles. The molecule has 1 aromatic heterocycles. The van der Waals surface area contributed by atoms with Crippen LogP contribution < -0.4 is 4.72 Å². The highest BCUT2D eigenvalue weighted by Crippen LogP contribution is 2.20. The second-order valence-electron chi connectivity index (χ2n) is 4.21. The van der Waals surface area contributed by atoms with Gasteiger partial charge in [-0.2, -0.15) is 0 Å². The van der Waals surface area contributed by atoms with Crippen molar-refractivity contribution in [2.75, 3.05) is 4.72 Å². The highest BCUT2D eigenvalue weighted by atomic mass is 32.2. The molecule has 0 aliphatic heterocycles. The molecule has 7 heteroatoms. The lowest BCUT2D eigenvalue weighted by atomic mass is 10.1. The molecule has 2 N–H and O–H groups in total. The van der Waals surface area contributed by atoms with Crippen LogP contribution in [0.1, 0.15) is 18.6 Å². The van der Waals surface area contributed by atoms with Gasteiger partial charge in [0.25, 0.3) is 10.0 Å². The van der Waals surface area contributed by atoms with Crippen molar-refractivity contribution < 1.29 is 17.9 Å². The van der Waals surface area contributed by atoms with Gasteiger partial charge in [-0.25, -0.2) is 12.8 Å². The van der Waals surface area contributed by atoms with Gasteiger partial charge in [0, 0.05) is 6.20 Å². The molecule has 1 unspecified atom stereocenters. The van der Waals surface area contributed by atoms with E-state index in [1.165, 1.54) is 36.5 Å². The zero-order valence-electron chi connectivity index (χ0n) is 10.6. The maximum absolute atomic E-state index is 13.4. The summed E-state index contributed by atoms with van der Waals surface area (Å²) < 4.78 is 39.7. The third-order valence-corrected chi connectivity index (χ3v) is 4.07. The Hall–Kier alpha value is -1.99. The fraction of sp³-hybridized carbons (Fsp3) is 0.154. The smallest absolute Gasteiger partial charge is 0.261 e. The number of aliphatic hydroxyl groups is 1. The number of hydrogen-bond acceptors (Lipinski definition) is 4. The van der Waals surface area contributed by atoms with E-state index in [9.17, 15) is 17.9 Å². The minimum Gasteiger partial charge on any atom is -0.389 e. The van der Waals surface area contributed by atoms with Crippen molar-refractivity contribution in [2.24, 2.45) is 0 Å². The first-order chi connectivity index (χ1) is 9.40. The van der Waals surface area contributed by atoms with Gasteiger partial charge in [-0.1, -0.05) is 12.1 Å². The number of sulfonamides is 1. The van der Waals surface area contributed by atoms with E-state index in [-0.39, 0.29) is 10.6 Å². The van der Waals surface area contributed by atoms with Crippen LogP contribution in [0.15, 0.2) is 47.6 Å². The van der Waals surface area contributed by atoms with Crippen molar-refractivity contribution in [2.45, 2.75) is 17.9 Å². The predicted molar refractivity (Wildman–Crippen MR) is 72.1 cm³/mol. The molecule has 1 aromatic carbocycles. The summed E-state index contributed by atoms with van der Waals surface area (Å²) in [4.78, 5) is 3.53. The molecule has 20 heavy (non-hydrogen) atoms. The van der Waals surface area contributed by atoms with Crippen molar-refractivity contribution >= 4 is 15.7 Å². The Morgan fingerprint density at radius 1 is 1.25 bits per heavy atom. The van der Waals surface area contributed by atoms with E-state index < -0.39 is 21.9 Å². The molecule has 0 aliphatic carbocycles. The van der Waals surface area contributed by atoms with Crippen LogP contribution in [-0.2, 0) is 10.0 Å². The van der Waals surface area contributed by atoms with Crippen LogP contribution in [0.4, 0.5) is 10.1 Å². The molecule has 1 atom stereocenters. The van der Waals surface area contributed by atoms with Crippen molar-refractivity contribution in [1.29, 1.82) is 0 Å². The average molecular weight is 296 g/mol. The lowest BCUT2D eigenvalue weighted by Crippen LogP contribution is -2.14. The van der Waals surface area contributed by atoms with Gasteiger partial charge < -0.3 is 5.11 Å². The summed E-state index contributed by atoms with van der Waals surface area (Å²) in [6.45, 7) is 1.58. The normalized spacial score (nSPS) is 12.9. The van der Waals surface area contributed by atoms with Crippen LogP contribution >= 0.6 is 0 Å². The summed E-state index contributed by atoms with van der Waals surface area (Å²) in [5.74, 6) is -0.753. The number of aliphatic hydroxyl groups excluding tert-OH is 1. The second kappa shape index (κ2) is 5.56. The van der Waals surface area contributed by atoms with Crippen LogP contribution in [0.25, 0.3) is 0 Å². The van der Waals surface area contributed by atoms with E-state index in [2.05, 4.69) is 9.71 Å². The van der Waals surface area contributed by atoms with Crippen molar-refractivity contribution in [3.63, 3.8) is 0 Å². The van der Waals surface area contributed by atoms with Gasteiger partial charge in [0.1, 0.15) is 0 Å². The quantitative estimate of drug-likeness (QED) is 0.905. The average Bonchev–Trinajstić information content (AvgIpc) is 2.41. The highest BCUT2D eigenvalue weighted by Gasteiger charge is 2.16. The molecule has 1 heterocycles. The van der Waals surface area contributed by atoms with E-state index in [1.54, 1.807) is 6.92 Å². The molecule has 2 rings (SSSR count). The SMILES string of the molecule is CC(O)c1ccc(S(=O)(=O)Nc2ccncc2F)cc1. The van der Waals surface area contributed by atoms with Gasteiger partial charge in [0.15, 0.2) is 5.82 Å². The maximum atomic E-state index is 13.4. The molecule has 106 valence electrons. The molecular formula is C13H13FN2O3S. The largest absolute Gasteiger partial charge is 0.389 e. The topological polar surface area (TPSA) is 79.3 Å². The van der Waals surface area contributed by atoms with Crippen molar-refractivity contribution in [3.8, 4) is 0 Å². The Bertz CT molecular complexity index is 700. The first-order valence-electron chi connectivity index (χ1n) is 5.80. The number of benzene rings is 1. The molecule has 0 saturated carbocycles. The van der Waals surface area contributed by atoms with Crippen LogP contribution in [0, 0.1) is 5.82 Å². The maximum Gasteiger partial charge on any atom is 0.261 e. The zero-order chi connectivity index (χ0) is 14.8. The van der Waals surface area contributed by atoms with E-state index >= 15 is 0 Å². The van der Waals surface area contributed by atoms with Gasteiger partial charge in [-0.3, -0.25) is 9.71 Å². The number of pyridine rings is 1. The van der Waals surface area contributed by atoms with Gasteiger partial charge in [-0.05, 0) is 30.7 Å². The fourth-order valence-electron chi connectivity index (χ4n) is 1.59. The van der Waals surface area contributed by atoms with Gasteiger partial charge in [0.05, 0.1) is 22.9 Å². The molecule has 0 aliphatic rings. The second-order valence-corrected chi connectivity index (χ2v) is 5.89. The molecule has 0 amide bonds. The standard InChI is InChI=1S/C13H13FN2O3S/c1-9(17)10-2-4-11(5-3-10)20(18,19)16-13-6-7-15-8-12(13)14/h2-9,17H,1H3,(H,15,16). The number of nitrogens with zero attached hydrogens (tertiary/aromatic N) is 1. The molecular weight excluding hydrogens is 283 g/mol. The summed E-state index contributed by atoms with van der Waals surface area (Å²) in [5, 5.41) is 9.37. The van der Waals surface area contributed by atoms with Crippen molar-refractivity contribution in [3.05, 3.63) is 54.1 Å². The molecule has 0 bridgehead atoms. The van der Waals surface area contributed by atoms with Crippen molar-refractivity contribution in [1.82, 2.24) is 4.98 Å². The Kier molecular flexibility index (Phi) is 4.01. The summed E-state index contributed by atoms with van der Waals surface area (Å²) in [5.41, 5.74) is 0.429. The number of hydrogen-bond donors (Lipinski definition) is 2. The monoisotopic (exact) mass is 296 g/mol. The summed E-state index contributed by atoms with van der Waals surface area (Å²) >= 11 is 0. The van der Waals surface area contributed by atoms with Gasteiger partial charge >= 0.3 is 0 Å². The minimum atomic E-state index is -3.88. The third kappa shape index (κ3) is 3.12. The van der Waals surface area contributed by atoms with E-state index in [4.69, 9.17) is 0 Å². The number of anilines is 1. The number of halogens is 1. The fourth-order valence-corrected chi connectivity index (χ4v) is 2.65. The predicted octanol–water partition coefficient (Wildman–Crippen LogP) is 2.07. The Balaban J connectivity index is 2.29. The summed E-state index contributed by atoms with van der Waals surface area (Å²) in [7, 11) is -3.88. The first-order valence-corrected chi connectivity index (χ1v) is 7.29. The van der Waals surface area contributed by atoms with E-state index in [0.29, 0.717) is 5.56 Å². The van der Waals surface area contributed by atoms with Crippen LogP contribution in [0.2, 0.25) is 0 Å². The van der Waals surface area contributed by atoms with E-state index in [1.807, 2.05) is 0 Å². The van der Waals surface area contributed by atoms with E-state index in [0.717, 1.165) is 6.20 Å². The van der Waals surface area contributed by atoms with Crippen LogP contribution in [0.5, 0.6) is 0 Å². The molecule has 0 fully saturated rings. The van der Waals surface area contributed by atoms with Crippen LogP contribution in [-0.4, -0.2) is 18.5 Å². The van der Waals surface area contributed by atoms with Gasteiger partial charge in [0.2, 0.25) is 0 Å². The first kappa shape index (κ1) is 14.4. The number of aromatic nitrogens is 1. The summed E-state index contributed by atoms with van der Waals surface area (Å²) in [6, 6.07) is 6.94. The Labute approximate surface area is 116 Å². The molecule has 0 spiro atoms. The summed E-state index contributed by atoms with van der Waals surface area (Å²) in [6.07, 6.45) is 1.53. The lowest BCUT2D eigenvalue weighted by Gasteiger charge is -2.10. The van der Waals surface area contributed by atoms with Crippen LogP contribution in [0.3, 0.4) is 0 Å². The molecule has 0 radical (unpaired) electrons. The molecule has 2 aromatic rings. The Morgan fingerprint density at radius 3 is 2.45 bits per heavy atom. The highest BCUT2D eigenvalue weighted by molar-refractivity contribution is 7.92. The van der Waals surface area contributed by atoms with Gasteiger partial charge in [-0.15, -0.1) is 0 Å². The Morgan fingerprint density at radius 2 is 1.90 bits per heavy atom.